The van der Waals surface area contributed by atoms with Gasteiger partial charge in [0.1, 0.15) is 5.82 Å². The number of nitrogens with one attached hydrogen (secondary N) is 1. The largest absolute Gasteiger partial charge is 0.393 e. The lowest BCUT2D eigenvalue weighted by atomic mass is 10.0. The zero-order chi connectivity index (χ0) is 17.6. The van der Waals surface area contributed by atoms with Gasteiger partial charge in [-0.15, -0.1) is 0 Å². The normalized spacial score (nSPS) is 30.0. The highest BCUT2D eigenvalue weighted by atomic mass is 19.1. The average Bonchev–Trinajstić information content (AvgIpc) is 3.08. The number of halogens is 1. The number of piperidine rings is 1. The molecule has 4 atom stereocenters. The maximum absolute atomic E-state index is 13.9. The maximum Gasteiger partial charge on any atom is 0.224 e. The standard InChI is InChI=1S/C20H27FN2O2/c1-12(22-20(25)19-15-3-2-4-16(15)19)17-11-13(21)5-6-18(17)23-9-7-14(24)8-10-23/h5-6,11-12,14-16,19,24H,2-4,7-10H2,1H3,(H,22,25)/t12-,15-,16+,19?/m0/s1. The van der Waals surface area contributed by atoms with E-state index in [-0.39, 0.29) is 29.8 Å². The summed E-state index contributed by atoms with van der Waals surface area (Å²) >= 11 is 0. The minimum Gasteiger partial charge on any atom is -0.393 e. The Bertz CT molecular complexity index is 647. The molecule has 0 aromatic heterocycles. The molecule has 3 aliphatic rings. The highest BCUT2D eigenvalue weighted by Crippen LogP contribution is 2.57. The van der Waals surface area contributed by atoms with Crippen molar-refractivity contribution in [2.75, 3.05) is 18.0 Å². The predicted molar refractivity (Wildman–Crippen MR) is 94.7 cm³/mol. The first kappa shape index (κ1) is 16.8. The van der Waals surface area contributed by atoms with Crippen LogP contribution in [0.15, 0.2) is 18.2 Å². The molecular weight excluding hydrogens is 319 g/mol. The minimum atomic E-state index is -0.278. The summed E-state index contributed by atoms with van der Waals surface area (Å²) in [5.41, 5.74) is 1.80. The van der Waals surface area contributed by atoms with Gasteiger partial charge in [0.2, 0.25) is 5.91 Å². The van der Waals surface area contributed by atoms with Crippen LogP contribution in [0.5, 0.6) is 0 Å². The number of aliphatic hydroxyl groups is 1. The second-order valence-electron chi connectivity index (χ2n) is 7.94. The number of amides is 1. The number of benzene rings is 1. The van der Waals surface area contributed by atoms with Gasteiger partial charge >= 0.3 is 0 Å². The molecule has 2 saturated carbocycles. The number of hydrogen-bond donors (Lipinski definition) is 2. The third-order valence-electron chi connectivity index (χ3n) is 6.33. The number of carbonyl (C=O) groups is 1. The maximum atomic E-state index is 13.9. The molecule has 4 nitrogen and oxygen atoms in total. The Morgan fingerprint density at radius 2 is 1.92 bits per heavy atom. The van der Waals surface area contributed by atoms with Crippen molar-refractivity contribution in [3.05, 3.63) is 29.6 Å². The third-order valence-corrected chi connectivity index (χ3v) is 6.33. The van der Waals surface area contributed by atoms with Gasteiger partial charge in [-0.25, -0.2) is 4.39 Å². The van der Waals surface area contributed by atoms with Gasteiger partial charge in [-0.1, -0.05) is 6.42 Å². The Morgan fingerprint density at radius 1 is 1.24 bits per heavy atom. The average molecular weight is 346 g/mol. The molecule has 1 aromatic rings. The SMILES string of the molecule is C[C@H](NC(=O)C1[C@H]2CCC[C@@H]12)c1cc(F)ccc1N1CCC(O)CC1. The molecule has 1 heterocycles. The second-order valence-corrected chi connectivity index (χ2v) is 7.94. The molecule has 5 heteroatoms. The van der Waals surface area contributed by atoms with Crippen LogP contribution in [0.1, 0.15) is 50.6 Å². The molecule has 136 valence electrons. The zero-order valence-electron chi connectivity index (χ0n) is 14.7. The first-order valence-electron chi connectivity index (χ1n) is 9.57. The van der Waals surface area contributed by atoms with Gasteiger partial charge in [-0.3, -0.25) is 4.79 Å². The van der Waals surface area contributed by atoms with E-state index in [2.05, 4.69) is 10.2 Å². The topological polar surface area (TPSA) is 52.6 Å². The van der Waals surface area contributed by atoms with Crippen molar-refractivity contribution in [2.24, 2.45) is 17.8 Å². The number of aliphatic hydroxyl groups excluding tert-OH is 1. The fourth-order valence-electron chi connectivity index (χ4n) is 4.86. The van der Waals surface area contributed by atoms with Crippen molar-refractivity contribution >= 4 is 11.6 Å². The number of carbonyl (C=O) groups excluding carboxylic acids is 1. The minimum absolute atomic E-state index is 0.131. The number of anilines is 1. The molecule has 1 aromatic carbocycles. The van der Waals surface area contributed by atoms with Crippen molar-refractivity contribution in [1.82, 2.24) is 5.32 Å². The molecule has 1 aliphatic heterocycles. The van der Waals surface area contributed by atoms with Gasteiger partial charge < -0.3 is 15.3 Å². The van der Waals surface area contributed by atoms with Crippen molar-refractivity contribution in [1.29, 1.82) is 0 Å². The van der Waals surface area contributed by atoms with Crippen LogP contribution in [-0.2, 0) is 4.79 Å². The second kappa shape index (κ2) is 6.60. The summed E-state index contributed by atoms with van der Waals surface area (Å²) in [5, 5.41) is 12.8. The van der Waals surface area contributed by atoms with E-state index in [4.69, 9.17) is 0 Å². The fraction of sp³-hybridized carbons (Fsp3) is 0.650. The van der Waals surface area contributed by atoms with Gasteiger partial charge in [-0.2, -0.15) is 0 Å². The van der Waals surface area contributed by atoms with E-state index >= 15 is 0 Å². The van der Waals surface area contributed by atoms with Crippen LogP contribution in [0.3, 0.4) is 0 Å². The van der Waals surface area contributed by atoms with E-state index in [1.807, 2.05) is 6.92 Å². The molecule has 1 unspecified atom stereocenters. The molecule has 25 heavy (non-hydrogen) atoms. The molecule has 1 saturated heterocycles. The van der Waals surface area contributed by atoms with Gasteiger partial charge in [0.25, 0.3) is 0 Å². The number of hydrogen-bond acceptors (Lipinski definition) is 3. The summed E-state index contributed by atoms with van der Waals surface area (Å²) in [6.07, 6.45) is 4.82. The van der Waals surface area contributed by atoms with E-state index < -0.39 is 0 Å². The van der Waals surface area contributed by atoms with Crippen molar-refractivity contribution < 1.29 is 14.3 Å². The van der Waals surface area contributed by atoms with Gasteiger partial charge in [0.05, 0.1) is 12.1 Å². The highest BCUT2D eigenvalue weighted by molar-refractivity contribution is 5.83. The number of fused-ring (bicyclic) bond motifs is 1. The lowest BCUT2D eigenvalue weighted by molar-refractivity contribution is -0.123. The lowest BCUT2D eigenvalue weighted by Crippen LogP contribution is -2.37. The Hall–Kier alpha value is -1.62. The van der Waals surface area contributed by atoms with Crippen LogP contribution in [0.4, 0.5) is 10.1 Å². The molecule has 0 spiro atoms. The highest BCUT2D eigenvalue weighted by Gasteiger charge is 2.56. The lowest BCUT2D eigenvalue weighted by Gasteiger charge is -2.34. The number of nitrogens with zero attached hydrogens (tertiary/aromatic N) is 1. The molecule has 0 radical (unpaired) electrons. The summed E-state index contributed by atoms with van der Waals surface area (Å²) in [7, 11) is 0. The molecule has 2 N–H and O–H groups in total. The molecular formula is C20H27FN2O2. The summed E-state index contributed by atoms with van der Waals surface area (Å²) in [6.45, 7) is 3.45. The van der Waals surface area contributed by atoms with Gasteiger partial charge in [0.15, 0.2) is 0 Å². The first-order valence-corrected chi connectivity index (χ1v) is 9.57. The van der Waals surface area contributed by atoms with Crippen LogP contribution in [0.25, 0.3) is 0 Å². The van der Waals surface area contributed by atoms with Crippen LogP contribution in [-0.4, -0.2) is 30.2 Å². The van der Waals surface area contributed by atoms with E-state index in [0.29, 0.717) is 11.8 Å². The van der Waals surface area contributed by atoms with Crippen molar-refractivity contribution in [3.8, 4) is 0 Å². The summed E-state index contributed by atoms with van der Waals surface area (Å²) in [6, 6.07) is 4.60. The molecule has 2 aliphatic carbocycles. The van der Waals surface area contributed by atoms with E-state index in [9.17, 15) is 14.3 Å². The van der Waals surface area contributed by atoms with Crippen molar-refractivity contribution in [2.45, 2.75) is 51.2 Å². The van der Waals surface area contributed by atoms with Gasteiger partial charge in [-0.05, 0) is 62.6 Å². The zero-order valence-corrected chi connectivity index (χ0v) is 14.7. The summed E-state index contributed by atoms with van der Waals surface area (Å²) < 4.78 is 13.9. The van der Waals surface area contributed by atoms with E-state index in [1.165, 1.54) is 25.3 Å². The van der Waals surface area contributed by atoms with Crippen LogP contribution in [0, 0.1) is 23.6 Å². The van der Waals surface area contributed by atoms with E-state index in [0.717, 1.165) is 37.2 Å². The van der Waals surface area contributed by atoms with E-state index in [1.54, 1.807) is 12.1 Å². The molecule has 1 amide bonds. The molecule has 0 bridgehead atoms. The van der Waals surface area contributed by atoms with Crippen molar-refractivity contribution in [3.63, 3.8) is 0 Å². The fourth-order valence-corrected chi connectivity index (χ4v) is 4.86. The molecule has 4 rings (SSSR count). The predicted octanol–water partition coefficient (Wildman–Crippen LogP) is 3.01. The van der Waals surface area contributed by atoms with Crippen LogP contribution >= 0.6 is 0 Å². The van der Waals surface area contributed by atoms with Crippen LogP contribution < -0.4 is 10.2 Å². The third kappa shape index (κ3) is 3.26. The smallest absolute Gasteiger partial charge is 0.224 e. The Balaban J connectivity index is 1.48. The Kier molecular flexibility index (Phi) is 4.44. The Labute approximate surface area is 148 Å². The summed E-state index contributed by atoms with van der Waals surface area (Å²) in [5.74, 6) is 1.20. The Morgan fingerprint density at radius 3 is 2.60 bits per heavy atom. The monoisotopic (exact) mass is 346 g/mol. The molecule has 3 fully saturated rings. The summed E-state index contributed by atoms with van der Waals surface area (Å²) in [4.78, 5) is 14.8. The first-order chi connectivity index (χ1) is 12.0. The van der Waals surface area contributed by atoms with Gasteiger partial charge in [0, 0.05) is 30.3 Å². The number of rotatable bonds is 4. The van der Waals surface area contributed by atoms with Crippen LogP contribution in [0.2, 0.25) is 0 Å². The quantitative estimate of drug-likeness (QED) is 0.881.